The molecule has 0 aromatic heterocycles. The molecule has 0 bridgehead atoms. The van der Waals surface area contributed by atoms with E-state index < -0.39 is 0 Å². The molecule has 0 unspecified atom stereocenters. The van der Waals surface area contributed by atoms with Crippen molar-refractivity contribution in [3.63, 3.8) is 0 Å². The molecule has 8 heavy (non-hydrogen) atoms. The van der Waals surface area contributed by atoms with Crippen molar-refractivity contribution in [2.45, 2.75) is 26.2 Å². The Morgan fingerprint density at radius 2 is 2.25 bits per heavy atom. The Balaban J connectivity index is 2.49. The molecule has 0 heterocycles. The molecule has 0 saturated heterocycles. The van der Waals surface area contributed by atoms with Gasteiger partial charge in [0.1, 0.15) is 0 Å². The van der Waals surface area contributed by atoms with Crippen molar-refractivity contribution in [3.05, 3.63) is 6.42 Å². The Bertz CT molecular complexity index is 111. The summed E-state index contributed by atoms with van der Waals surface area (Å²) < 4.78 is 0. The SMILES string of the molecule is C[CH]C1(C#N)CCC1. The van der Waals surface area contributed by atoms with Gasteiger partial charge in [-0.2, -0.15) is 5.26 Å². The van der Waals surface area contributed by atoms with Crippen LogP contribution in [0.1, 0.15) is 26.2 Å². The third kappa shape index (κ3) is 0.608. The molecule has 1 aliphatic rings. The van der Waals surface area contributed by atoms with E-state index >= 15 is 0 Å². The summed E-state index contributed by atoms with van der Waals surface area (Å²) in [4.78, 5) is 0. The summed E-state index contributed by atoms with van der Waals surface area (Å²) in [6.07, 6.45) is 5.43. The first-order valence-electron chi connectivity index (χ1n) is 3.05. The van der Waals surface area contributed by atoms with Gasteiger partial charge in [0, 0.05) is 0 Å². The Hall–Kier alpha value is -0.510. The van der Waals surface area contributed by atoms with Crippen LogP contribution in [0.3, 0.4) is 0 Å². The van der Waals surface area contributed by atoms with Crippen molar-refractivity contribution in [1.29, 1.82) is 5.26 Å². The van der Waals surface area contributed by atoms with Gasteiger partial charge in [0.05, 0.1) is 11.5 Å². The van der Waals surface area contributed by atoms with Gasteiger partial charge in [0.15, 0.2) is 0 Å². The normalized spacial score (nSPS) is 23.5. The van der Waals surface area contributed by atoms with E-state index in [9.17, 15) is 0 Å². The van der Waals surface area contributed by atoms with Crippen LogP contribution in [0.15, 0.2) is 0 Å². The van der Waals surface area contributed by atoms with E-state index in [0.29, 0.717) is 0 Å². The molecule has 1 fully saturated rings. The molecule has 0 aliphatic heterocycles. The molecule has 1 aliphatic carbocycles. The second kappa shape index (κ2) is 1.78. The monoisotopic (exact) mass is 108 g/mol. The molecule has 1 saturated carbocycles. The Morgan fingerprint density at radius 3 is 2.25 bits per heavy atom. The summed E-state index contributed by atoms with van der Waals surface area (Å²) in [5.74, 6) is 0. The predicted molar refractivity (Wildman–Crippen MR) is 31.9 cm³/mol. The molecular weight excluding hydrogens is 98.1 g/mol. The highest BCUT2D eigenvalue weighted by Crippen LogP contribution is 2.42. The van der Waals surface area contributed by atoms with Gasteiger partial charge < -0.3 is 0 Å². The highest BCUT2D eigenvalue weighted by atomic mass is 14.4. The number of hydrogen-bond acceptors (Lipinski definition) is 1. The smallest absolute Gasteiger partial charge is 0.0692 e. The molecule has 0 aromatic rings. The molecule has 0 aromatic carbocycles. The van der Waals surface area contributed by atoms with Gasteiger partial charge in [-0.25, -0.2) is 0 Å². The molecule has 43 valence electrons. The predicted octanol–water partition coefficient (Wildman–Crippen LogP) is 1.90. The summed E-state index contributed by atoms with van der Waals surface area (Å²) in [6, 6.07) is 2.31. The van der Waals surface area contributed by atoms with Crippen LogP contribution in [0.5, 0.6) is 0 Å². The first kappa shape index (κ1) is 5.62. The summed E-state index contributed by atoms with van der Waals surface area (Å²) in [6.45, 7) is 1.97. The third-order valence-electron chi connectivity index (χ3n) is 2.02. The van der Waals surface area contributed by atoms with Gasteiger partial charge in [0.25, 0.3) is 0 Å². The zero-order chi connectivity index (χ0) is 6.04. The van der Waals surface area contributed by atoms with Crippen molar-refractivity contribution in [2.75, 3.05) is 0 Å². The third-order valence-corrected chi connectivity index (χ3v) is 2.02. The molecule has 0 spiro atoms. The summed E-state index contributed by atoms with van der Waals surface area (Å²) in [7, 11) is 0. The maximum atomic E-state index is 8.56. The van der Waals surface area contributed by atoms with Crippen molar-refractivity contribution in [3.8, 4) is 6.07 Å². The van der Waals surface area contributed by atoms with Crippen LogP contribution in [0, 0.1) is 23.2 Å². The van der Waals surface area contributed by atoms with Crippen LogP contribution in [0.2, 0.25) is 0 Å². The van der Waals surface area contributed by atoms with E-state index in [4.69, 9.17) is 5.26 Å². The first-order chi connectivity index (χ1) is 3.83. The fraction of sp³-hybridized carbons (Fsp3) is 0.714. The fourth-order valence-electron chi connectivity index (χ4n) is 1.02. The highest BCUT2D eigenvalue weighted by molar-refractivity contribution is 5.11. The van der Waals surface area contributed by atoms with Crippen LogP contribution >= 0.6 is 0 Å². The van der Waals surface area contributed by atoms with Crippen LogP contribution < -0.4 is 0 Å². The van der Waals surface area contributed by atoms with Crippen molar-refractivity contribution in [2.24, 2.45) is 5.41 Å². The second-order valence-electron chi connectivity index (χ2n) is 2.41. The van der Waals surface area contributed by atoms with Gasteiger partial charge in [-0.3, -0.25) is 0 Å². The molecule has 1 heteroatoms. The average molecular weight is 108 g/mol. The molecular formula is C7H10N. The summed E-state index contributed by atoms with van der Waals surface area (Å²) in [5.41, 5.74) is -0.0139. The van der Waals surface area contributed by atoms with E-state index in [1.807, 2.05) is 13.3 Å². The molecule has 1 rings (SSSR count). The quantitative estimate of drug-likeness (QED) is 0.503. The van der Waals surface area contributed by atoms with Gasteiger partial charge in [-0.1, -0.05) is 13.3 Å². The summed E-state index contributed by atoms with van der Waals surface area (Å²) >= 11 is 0. The number of nitriles is 1. The second-order valence-corrected chi connectivity index (χ2v) is 2.41. The molecule has 0 atom stereocenters. The van der Waals surface area contributed by atoms with Gasteiger partial charge >= 0.3 is 0 Å². The van der Waals surface area contributed by atoms with E-state index in [1.165, 1.54) is 6.42 Å². The average Bonchev–Trinajstić information content (AvgIpc) is 1.67. The van der Waals surface area contributed by atoms with Gasteiger partial charge in [0.2, 0.25) is 0 Å². The highest BCUT2D eigenvalue weighted by Gasteiger charge is 2.34. The lowest BCUT2D eigenvalue weighted by molar-refractivity contribution is 0.263. The number of rotatable bonds is 1. The van der Waals surface area contributed by atoms with Crippen molar-refractivity contribution < 1.29 is 0 Å². The maximum absolute atomic E-state index is 8.56. The van der Waals surface area contributed by atoms with Crippen LogP contribution in [0.4, 0.5) is 0 Å². The van der Waals surface area contributed by atoms with Crippen molar-refractivity contribution in [1.82, 2.24) is 0 Å². The minimum absolute atomic E-state index is 0.0139. The van der Waals surface area contributed by atoms with E-state index in [1.54, 1.807) is 0 Å². The standard InChI is InChI=1S/C7H10N/c1-2-7(6-8)4-3-5-7/h2H,3-5H2,1H3. The molecule has 1 radical (unpaired) electrons. The lowest BCUT2D eigenvalue weighted by atomic mass is 9.68. The molecule has 1 nitrogen and oxygen atoms in total. The first-order valence-corrected chi connectivity index (χ1v) is 3.05. The number of hydrogen-bond donors (Lipinski definition) is 0. The Morgan fingerprint density at radius 1 is 1.62 bits per heavy atom. The van der Waals surface area contributed by atoms with Gasteiger partial charge in [-0.05, 0) is 19.3 Å². The van der Waals surface area contributed by atoms with Gasteiger partial charge in [-0.15, -0.1) is 0 Å². The van der Waals surface area contributed by atoms with Crippen LogP contribution in [0.25, 0.3) is 0 Å². The minimum atomic E-state index is -0.0139. The topological polar surface area (TPSA) is 23.8 Å². The van der Waals surface area contributed by atoms with E-state index in [0.717, 1.165) is 12.8 Å². The molecule has 0 N–H and O–H groups in total. The van der Waals surface area contributed by atoms with Crippen LogP contribution in [-0.2, 0) is 0 Å². The lowest BCUT2D eigenvalue weighted by Crippen LogP contribution is -2.26. The zero-order valence-electron chi connectivity index (χ0n) is 5.15. The summed E-state index contributed by atoms with van der Waals surface area (Å²) in [5, 5.41) is 8.56. The Kier molecular flexibility index (Phi) is 1.25. The van der Waals surface area contributed by atoms with E-state index in [2.05, 4.69) is 6.07 Å². The Labute approximate surface area is 50.3 Å². The van der Waals surface area contributed by atoms with Crippen molar-refractivity contribution >= 4 is 0 Å². The fourth-order valence-corrected chi connectivity index (χ4v) is 1.02. The largest absolute Gasteiger partial charge is 0.198 e. The van der Waals surface area contributed by atoms with Crippen LogP contribution in [-0.4, -0.2) is 0 Å². The molecule has 0 amide bonds. The zero-order valence-corrected chi connectivity index (χ0v) is 5.15. The number of nitrogens with zero attached hydrogens (tertiary/aromatic N) is 1. The maximum Gasteiger partial charge on any atom is 0.0692 e. The lowest BCUT2D eigenvalue weighted by Gasteiger charge is -2.33. The minimum Gasteiger partial charge on any atom is -0.198 e. The van der Waals surface area contributed by atoms with E-state index in [-0.39, 0.29) is 5.41 Å².